The molecular formula is C17H18FN3O4. The van der Waals surface area contributed by atoms with Crippen LogP contribution in [0.2, 0.25) is 0 Å². The number of aromatic nitrogens is 2. The van der Waals surface area contributed by atoms with Crippen LogP contribution in [0.25, 0.3) is 0 Å². The Morgan fingerprint density at radius 1 is 1.20 bits per heavy atom. The minimum atomic E-state index is -1.21. The number of ether oxygens (including phenoxy) is 1. The lowest BCUT2D eigenvalue weighted by Crippen LogP contribution is -2.57. The molecular weight excluding hydrogens is 329 g/mol. The van der Waals surface area contributed by atoms with Crippen molar-refractivity contribution in [2.75, 3.05) is 0 Å². The van der Waals surface area contributed by atoms with Gasteiger partial charge in [-0.3, -0.25) is 4.79 Å². The Morgan fingerprint density at radius 2 is 1.96 bits per heavy atom. The molecule has 0 saturated heterocycles. The van der Waals surface area contributed by atoms with Crippen LogP contribution >= 0.6 is 0 Å². The summed E-state index contributed by atoms with van der Waals surface area (Å²) in [6.45, 7) is 0. The molecule has 1 aliphatic rings. The first-order valence-corrected chi connectivity index (χ1v) is 7.89. The summed E-state index contributed by atoms with van der Waals surface area (Å²) in [5.74, 6) is -0.597. The van der Waals surface area contributed by atoms with Crippen molar-refractivity contribution in [2.45, 2.75) is 37.2 Å². The number of carbonyl (C=O) groups is 1. The first-order chi connectivity index (χ1) is 12.0. The zero-order chi connectivity index (χ0) is 17.8. The molecule has 4 atom stereocenters. The van der Waals surface area contributed by atoms with Gasteiger partial charge < -0.3 is 20.3 Å². The molecule has 1 heterocycles. The van der Waals surface area contributed by atoms with Crippen LogP contribution in [0.5, 0.6) is 5.75 Å². The van der Waals surface area contributed by atoms with Gasteiger partial charge in [-0.05, 0) is 25.0 Å². The van der Waals surface area contributed by atoms with Gasteiger partial charge in [0.25, 0.3) is 5.91 Å². The van der Waals surface area contributed by atoms with E-state index in [-0.39, 0.29) is 11.3 Å². The average Bonchev–Trinajstić information content (AvgIpc) is 2.62. The van der Waals surface area contributed by atoms with Gasteiger partial charge in [-0.15, -0.1) is 0 Å². The minimum absolute atomic E-state index is 0.266. The predicted molar refractivity (Wildman–Crippen MR) is 85.3 cm³/mol. The van der Waals surface area contributed by atoms with Gasteiger partial charge >= 0.3 is 0 Å². The smallest absolute Gasteiger partial charge is 0.254 e. The van der Waals surface area contributed by atoms with E-state index in [0.717, 1.165) is 0 Å². The summed E-state index contributed by atoms with van der Waals surface area (Å²) in [5.41, 5.74) is 0.266. The fourth-order valence-electron chi connectivity index (χ4n) is 2.81. The third kappa shape index (κ3) is 4.09. The molecule has 7 nitrogen and oxygen atoms in total. The maximum atomic E-state index is 13.2. The normalized spacial score (nSPS) is 26.0. The number of halogens is 1. The van der Waals surface area contributed by atoms with Crippen molar-refractivity contribution in [3.05, 3.63) is 54.4 Å². The van der Waals surface area contributed by atoms with Crippen LogP contribution in [0.4, 0.5) is 4.39 Å². The van der Waals surface area contributed by atoms with Crippen LogP contribution < -0.4 is 10.1 Å². The number of rotatable bonds is 4. The molecule has 25 heavy (non-hydrogen) atoms. The van der Waals surface area contributed by atoms with E-state index in [1.807, 2.05) is 0 Å². The van der Waals surface area contributed by atoms with Crippen LogP contribution in [0.15, 0.2) is 43.0 Å². The number of hydrogen-bond donors (Lipinski definition) is 3. The number of aliphatic hydroxyl groups excluding tert-OH is 2. The molecule has 3 rings (SSSR count). The number of aliphatic hydroxyl groups is 2. The highest BCUT2D eigenvalue weighted by atomic mass is 19.1. The van der Waals surface area contributed by atoms with Crippen molar-refractivity contribution >= 4 is 5.91 Å². The summed E-state index contributed by atoms with van der Waals surface area (Å²) >= 11 is 0. The molecule has 8 heteroatoms. The van der Waals surface area contributed by atoms with Gasteiger partial charge in [-0.2, -0.15) is 0 Å². The zero-order valence-electron chi connectivity index (χ0n) is 13.2. The molecule has 1 saturated carbocycles. The van der Waals surface area contributed by atoms with Gasteiger partial charge in [0, 0.05) is 18.5 Å². The van der Waals surface area contributed by atoms with Crippen molar-refractivity contribution in [3.8, 4) is 5.75 Å². The van der Waals surface area contributed by atoms with Gasteiger partial charge in [-0.25, -0.2) is 14.4 Å². The van der Waals surface area contributed by atoms with Gasteiger partial charge in [0.2, 0.25) is 0 Å². The lowest BCUT2D eigenvalue weighted by molar-refractivity contribution is -0.0874. The van der Waals surface area contributed by atoms with E-state index in [0.29, 0.717) is 12.8 Å². The van der Waals surface area contributed by atoms with Crippen LogP contribution in [-0.4, -0.2) is 50.4 Å². The molecule has 132 valence electrons. The molecule has 1 aromatic heterocycles. The molecule has 1 aromatic carbocycles. The molecule has 0 unspecified atom stereocenters. The van der Waals surface area contributed by atoms with Crippen LogP contribution in [0, 0.1) is 5.82 Å². The molecule has 1 aliphatic carbocycles. The van der Waals surface area contributed by atoms with Crippen molar-refractivity contribution in [2.24, 2.45) is 0 Å². The number of carbonyl (C=O) groups excluding carboxylic acids is 1. The summed E-state index contributed by atoms with van der Waals surface area (Å²) in [4.78, 5) is 19.6. The van der Waals surface area contributed by atoms with Gasteiger partial charge in [-0.1, -0.05) is 6.07 Å². The summed E-state index contributed by atoms with van der Waals surface area (Å²) in [6.07, 6.45) is 1.72. The maximum Gasteiger partial charge on any atom is 0.254 e. The van der Waals surface area contributed by atoms with Crippen molar-refractivity contribution < 1.29 is 24.1 Å². The summed E-state index contributed by atoms with van der Waals surface area (Å²) in [5, 5.41) is 23.2. The van der Waals surface area contributed by atoms with Crippen LogP contribution in [-0.2, 0) is 0 Å². The molecule has 2 aromatic rings. The Labute approximate surface area is 143 Å². The zero-order valence-corrected chi connectivity index (χ0v) is 13.2. The van der Waals surface area contributed by atoms with E-state index in [4.69, 9.17) is 4.74 Å². The highest BCUT2D eigenvalue weighted by Gasteiger charge is 2.39. The number of hydrogen-bond acceptors (Lipinski definition) is 6. The van der Waals surface area contributed by atoms with Crippen LogP contribution in [0.3, 0.4) is 0 Å². The maximum absolute atomic E-state index is 13.2. The lowest BCUT2D eigenvalue weighted by atomic mass is 9.87. The largest absolute Gasteiger partial charge is 0.488 e. The van der Waals surface area contributed by atoms with E-state index >= 15 is 0 Å². The van der Waals surface area contributed by atoms with E-state index in [1.165, 1.54) is 36.9 Å². The predicted octanol–water partition coefficient (Wildman–Crippen LogP) is 0.677. The lowest BCUT2D eigenvalue weighted by Gasteiger charge is -2.37. The summed E-state index contributed by atoms with van der Waals surface area (Å²) in [6, 6.07) is 4.95. The Morgan fingerprint density at radius 3 is 2.68 bits per heavy atom. The Bertz CT molecular complexity index is 731. The third-order valence-corrected chi connectivity index (χ3v) is 4.13. The monoisotopic (exact) mass is 347 g/mol. The number of nitrogens with one attached hydrogen (secondary N) is 1. The quantitative estimate of drug-likeness (QED) is 0.751. The van der Waals surface area contributed by atoms with E-state index in [1.54, 1.807) is 6.07 Å². The first-order valence-electron chi connectivity index (χ1n) is 7.89. The highest BCUT2D eigenvalue weighted by molar-refractivity contribution is 5.93. The molecule has 3 N–H and O–H groups in total. The van der Waals surface area contributed by atoms with Gasteiger partial charge in [0.15, 0.2) is 0 Å². The Hall–Kier alpha value is -2.58. The number of nitrogens with zero attached hydrogens (tertiary/aromatic N) is 2. The van der Waals surface area contributed by atoms with Gasteiger partial charge in [0.05, 0.1) is 11.6 Å². The number of amides is 1. The second kappa shape index (κ2) is 7.54. The summed E-state index contributed by atoms with van der Waals surface area (Å²) < 4.78 is 18.8. The standard InChI is InChI=1S/C17H18FN3O4/c18-11-2-1-3-12(6-11)25-14-5-4-13(15(22)16(14)23)21-17(24)10-7-19-9-20-8-10/h1-3,6-9,13-16,22-23H,4-5H2,(H,21,24)/t13-,14-,15-,16-/m1/s1. The van der Waals surface area contributed by atoms with Crippen molar-refractivity contribution in [3.63, 3.8) is 0 Å². The van der Waals surface area contributed by atoms with E-state index in [2.05, 4.69) is 15.3 Å². The molecule has 1 amide bonds. The first kappa shape index (κ1) is 17.2. The SMILES string of the molecule is O=C(N[C@@H]1CC[C@@H](Oc2cccc(F)c2)[C@@H](O)[C@@H]1O)c1cncnc1. The Balaban J connectivity index is 1.61. The molecule has 1 fully saturated rings. The topological polar surface area (TPSA) is 105 Å². The van der Waals surface area contributed by atoms with Gasteiger partial charge in [0.1, 0.15) is 36.2 Å². The fourth-order valence-corrected chi connectivity index (χ4v) is 2.81. The van der Waals surface area contributed by atoms with Crippen molar-refractivity contribution in [1.82, 2.24) is 15.3 Å². The second-order valence-electron chi connectivity index (χ2n) is 5.88. The summed E-state index contributed by atoms with van der Waals surface area (Å²) in [7, 11) is 0. The van der Waals surface area contributed by atoms with E-state index < -0.39 is 36.1 Å². The number of benzene rings is 1. The molecule has 0 aliphatic heterocycles. The third-order valence-electron chi connectivity index (χ3n) is 4.13. The Kier molecular flexibility index (Phi) is 5.20. The fraction of sp³-hybridized carbons (Fsp3) is 0.353. The molecule has 0 spiro atoms. The highest BCUT2D eigenvalue weighted by Crippen LogP contribution is 2.25. The molecule has 0 radical (unpaired) electrons. The van der Waals surface area contributed by atoms with Crippen LogP contribution in [0.1, 0.15) is 23.2 Å². The average molecular weight is 347 g/mol. The minimum Gasteiger partial charge on any atom is -0.488 e. The molecule has 0 bridgehead atoms. The van der Waals surface area contributed by atoms with Crippen molar-refractivity contribution in [1.29, 1.82) is 0 Å². The second-order valence-corrected chi connectivity index (χ2v) is 5.88. The van der Waals surface area contributed by atoms with E-state index in [9.17, 15) is 19.4 Å².